The fourth-order valence-electron chi connectivity index (χ4n) is 4.75. The molecule has 1 fully saturated rings. The zero-order valence-electron chi connectivity index (χ0n) is 20.8. The summed E-state index contributed by atoms with van der Waals surface area (Å²) < 4.78 is 11.3. The summed E-state index contributed by atoms with van der Waals surface area (Å²) in [5, 5.41) is 0.880. The van der Waals surface area contributed by atoms with Gasteiger partial charge in [0, 0.05) is 30.2 Å². The van der Waals surface area contributed by atoms with Crippen molar-refractivity contribution >= 4 is 16.7 Å². The molecule has 182 valence electrons. The number of hydrogen-bond donors (Lipinski definition) is 0. The molecule has 1 aromatic heterocycles. The van der Waals surface area contributed by atoms with Crippen LogP contribution in [0, 0.1) is 0 Å². The molecule has 3 aromatic rings. The summed E-state index contributed by atoms with van der Waals surface area (Å²) in [6.07, 6.45) is 10.1. The van der Waals surface area contributed by atoms with Crippen LogP contribution in [0.4, 0.5) is 5.13 Å². The quantitative estimate of drug-likeness (QED) is 0.397. The summed E-state index contributed by atoms with van der Waals surface area (Å²) in [6, 6.07) is 19.0. The number of allylic oxidation sites excluding steroid dienone is 2. The van der Waals surface area contributed by atoms with Crippen molar-refractivity contribution in [3.63, 3.8) is 0 Å². The Morgan fingerprint density at radius 2 is 1.71 bits per heavy atom. The van der Waals surface area contributed by atoms with Crippen molar-refractivity contribution in [1.29, 1.82) is 0 Å². The van der Waals surface area contributed by atoms with Crippen LogP contribution in [0.1, 0.15) is 56.5 Å². The van der Waals surface area contributed by atoms with Gasteiger partial charge in [-0.2, -0.15) is 4.37 Å². The average Bonchev–Trinajstić information content (AvgIpc) is 3.35. The lowest BCUT2D eigenvalue weighted by Crippen LogP contribution is -2.36. The Labute approximate surface area is 212 Å². The first kappa shape index (κ1) is 23.8. The van der Waals surface area contributed by atoms with Crippen molar-refractivity contribution in [1.82, 2.24) is 14.3 Å². The molecule has 0 N–H and O–H groups in total. The maximum Gasteiger partial charge on any atom is 0.212 e. The summed E-state index contributed by atoms with van der Waals surface area (Å²) in [5.74, 6) is 2.30. The van der Waals surface area contributed by atoms with E-state index in [-0.39, 0.29) is 11.6 Å². The highest BCUT2D eigenvalue weighted by molar-refractivity contribution is 7.09. The van der Waals surface area contributed by atoms with Crippen molar-refractivity contribution in [3.05, 3.63) is 96.0 Å². The molecule has 0 amide bonds. The van der Waals surface area contributed by atoms with Gasteiger partial charge in [-0.1, -0.05) is 75.4 Å². The van der Waals surface area contributed by atoms with E-state index in [0.29, 0.717) is 5.92 Å². The van der Waals surface area contributed by atoms with Gasteiger partial charge in [0.05, 0.1) is 0 Å². The van der Waals surface area contributed by atoms with E-state index < -0.39 is 0 Å². The molecule has 5 rings (SSSR count). The van der Waals surface area contributed by atoms with Crippen LogP contribution in [0.25, 0.3) is 0 Å². The maximum absolute atomic E-state index is 6.53. The Kier molecular flexibility index (Phi) is 7.02. The van der Waals surface area contributed by atoms with Gasteiger partial charge < -0.3 is 4.74 Å². The van der Waals surface area contributed by atoms with Crippen LogP contribution >= 0.6 is 11.5 Å². The van der Waals surface area contributed by atoms with Gasteiger partial charge in [0.15, 0.2) is 6.23 Å². The molecule has 1 atom stereocenters. The molecular formula is C29H34N4OS. The lowest BCUT2D eigenvalue weighted by atomic mass is 9.86. The van der Waals surface area contributed by atoms with E-state index in [4.69, 9.17) is 14.1 Å². The van der Waals surface area contributed by atoms with Gasteiger partial charge in [-0.3, -0.25) is 9.80 Å². The molecule has 2 aliphatic rings. The number of piperidine rings is 1. The normalized spacial score (nSPS) is 19.3. The van der Waals surface area contributed by atoms with Crippen LogP contribution in [0.15, 0.2) is 79.0 Å². The number of nitrogens with zero attached hydrogens (tertiary/aromatic N) is 4. The molecule has 1 unspecified atom stereocenters. The number of anilines is 1. The number of ether oxygens (including phenoxy) is 1. The van der Waals surface area contributed by atoms with Crippen LogP contribution in [0.3, 0.4) is 0 Å². The lowest BCUT2D eigenvalue weighted by molar-refractivity contribution is 0.202. The summed E-state index contributed by atoms with van der Waals surface area (Å²) in [4.78, 5) is 9.60. The highest BCUT2D eigenvalue weighted by Gasteiger charge is 2.28. The van der Waals surface area contributed by atoms with E-state index in [9.17, 15) is 0 Å². The second-order valence-electron chi connectivity index (χ2n) is 10.4. The van der Waals surface area contributed by atoms with Crippen LogP contribution in [-0.4, -0.2) is 33.6 Å². The standard InChI is InChI=1S/C29H34N4OS/c1-29(2,3)24-13-7-8-14-25(24)34-26-15-9-10-18-33(26)28-30-27(31-35-28)23-16-19-32(20-17-23)21-22-11-5-4-6-12-22/h4-15,18,23,26H,16-17,19-21H2,1-3H3. The first-order chi connectivity index (χ1) is 17.0. The predicted molar refractivity (Wildman–Crippen MR) is 144 cm³/mol. The minimum absolute atomic E-state index is 0.000919. The molecule has 0 bridgehead atoms. The van der Waals surface area contributed by atoms with Gasteiger partial charge in [-0.15, -0.1) is 0 Å². The van der Waals surface area contributed by atoms with E-state index in [2.05, 4.69) is 85.2 Å². The van der Waals surface area contributed by atoms with Crippen molar-refractivity contribution in [2.75, 3.05) is 18.0 Å². The molecule has 6 heteroatoms. The first-order valence-electron chi connectivity index (χ1n) is 12.5. The number of rotatable bonds is 6. The molecule has 0 radical (unpaired) electrons. The van der Waals surface area contributed by atoms with Gasteiger partial charge in [0.1, 0.15) is 11.6 Å². The summed E-state index contributed by atoms with van der Waals surface area (Å²) in [5.41, 5.74) is 2.58. The Morgan fingerprint density at radius 3 is 2.49 bits per heavy atom. The van der Waals surface area contributed by atoms with Crippen molar-refractivity contribution in [2.24, 2.45) is 0 Å². The average molecular weight is 487 g/mol. The summed E-state index contributed by atoms with van der Waals surface area (Å²) in [6.45, 7) is 9.82. The molecule has 2 aliphatic heterocycles. The largest absolute Gasteiger partial charge is 0.466 e. The minimum Gasteiger partial charge on any atom is -0.466 e. The monoisotopic (exact) mass is 486 g/mol. The van der Waals surface area contributed by atoms with Crippen LogP contribution < -0.4 is 9.64 Å². The molecule has 35 heavy (non-hydrogen) atoms. The highest BCUT2D eigenvalue weighted by atomic mass is 32.1. The smallest absolute Gasteiger partial charge is 0.212 e. The Hall–Kier alpha value is -2.96. The van der Waals surface area contributed by atoms with Gasteiger partial charge in [0.25, 0.3) is 0 Å². The van der Waals surface area contributed by atoms with Gasteiger partial charge in [-0.25, -0.2) is 4.98 Å². The molecule has 2 aromatic carbocycles. The van der Waals surface area contributed by atoms with E-state index in [0.717, 1.165) is 49.2 Å². The highest BCUT2D eigenvalue weighted by Crippen LogP contribution is 2.35. The second-order valence-corrected chi connectivity index (χ2v) is 11.1. The third kappa shape index (κ3) is 5.65. The molecular weight excluding hydrogens is 452 g/mol. The third-order valence-electron chi connectivity index (χ3n) is 6.70. The van der Waals surface area contributed by atoms with Crippen molar-refractivity contribution in [2.45, 2.75) is 57.7 Å². The number of benzene rings is 2. The Balaban J connectivity index is 1.25. The zero-order valence-corrected chi connectivity index (χ0v) is 21.6. The van der Waals surface area contributed by atoms with Crippen molar-refractivity contribution < 1.29 is 4.74 Å². The Bertz CT molecular complexity index is 1170. The topological polar surface area (TPSA) is 41.5 Å². The van der Waals surface area contributed by atoms with Crippen LogP contribution in [0.2, 0.25) is 0 Å². The Morgan fingerprint density at radius 1 is 0.971 bits per heavy atom. The van der Waals surface area contributed by atoms with Crippen LogP contribution in [0.5, 0.6) is 5.75 Å². The first-order valence-corrected chi connectivity index (χ1v) is 13.2. The zero-order chi connectivity index (χ0) is 24.3. The molecule has 1 saturated heterocycles. The number of hydrogen-bond acceptors (Lipinski definition) is 6. The minimum atomic E-state index is -0.253. The van der Waals surface area contributed by atoms with E-state index in [1.807, 2.05) is 24.4 Å². The van der Waals surface area contributed by atoms with Gasteiger partial charge >= 0.3 is 0 Å². The molecule has 5 nitrogen and oxygen atoms in total. The molecule has 0 aliphatic carbocycles. The summed E-state index contributed by atoms with van der Waals surface area (Å²) >= 11 is 1.46. The summed E-state index contributed by atoms with van der Waals surface area (Å²) in [7, 11) is 0. The number of para-hydroxylation sites is 1. The lowest BCUT2D eigenvalue weighted by Gasteiger charge is -2.31. The van der Waals surface area contributed by atoms with E-state index >= 15 is 0 Å². The van der Waals surface area contributed by atoms with Crippen molar-refractivity contribution in [3.8, 4) is 5.75 Å². The van der Waals surface area contributed by atoms with Crippen LogP contribution in [-0.2, 0) is 12.0 Å². The number of aromatic nitrogens is 2. The van der Waals surface area contributed by atoms with Gasteiger partial charge in [-0.05, 0) is 60.7 Å². The number of likely N-dealkylation sites (tertiary alicyclic amines) is 1. The van der Waals surface area contributed by atoms with E-state index in [1.165, 1.54) is 22.7 Å². The fraction of sp³-hybridized carbons (Fsp3) is 0.379. The predicted octanol–water partition coefficient (Wildman–Crippen LogP) is 6.51. The fourth-order valence-corrected chi connectivity index (χ4v) is 5.51. The maximum atomic E-state index is 6.53. The van der Waals surface area contributed by atoms with Gasteiger partial charge in [0.2, 0.25) is 5.13 Å². The second kappa shape index (κ2) is 10.3. The molecule has 0 spiro atoms. The molecule has 3 heterocycles. The van der Waals surface area contributed by atoms with E-state index in [1.54, 1.807) is 0 Å². The third-order valence-corrected chi connectivity index (χ3v) is 7.45. The molecule has 0 saturated carbocycles. The SMILES string of the molecule is CC(C)(C)c1ccccc1OC1C=CC=CN1c1nc(C2CCN(Cc3ccccc3)CC2)ns1.